The van der Waals surface area contributed by atoms with E-state index in [4.69, 9.17) is 4.42 Å². The largest absolute Gasteiger partial charge is 0.406 e. The molecule has 0 bridgehead atoms. The monoisotopic (exact) mass is 274 g/mol. The van der Waals surface area contributed by atoms with E-state index in [-0.39, 0.29) is 5.54 Å². The van der Waals surface area contributed by atoms with E-state index in [2.05, 4.69) is 49.3 Å². The zero-order chi connectivity index (χ0) is 14.8. The molecule has 0 spiro atoms. The number of rotatable bonds is 4. The molecule has 1 aromatic carbocycles. The number of nitrogens with zero attached hydrogens (tertiary/aromatic N) is 3. The van der Waals surface area contributed by atoms with Crippen molar-refractivity contribution >= 4 is 11.7 Å². The first-order valence-corrected chi connectivity index (χ1v) is 6.73. The van der Waals surface area contributed by atoms with Crippen molar-refractivity contribution in [2.75, 3.05) is 11.9 Å². The predicted molar refractivity (Wildman–Crippen MR) is 80.1 cm³/mol. The fourth-order valence-electron chi connectivity index (χ4n) is 1.84. The van der Waals surface area contributed by atoms with E-state index in [0.29, 0.717) is 18.5 Å². The summed E-state index contributed by atoms with van der Waals surface area (Å²) in [7, 11) is 1.93. The van der Waals surface area contributed by atoms with Crippen molar-refractivity contribution in [3.05, 3.63) is 35.7 Å². The summed E-state index contributed by atoms with van der Waals surface area (Å²) in [5.74, 6) is 0.593. The molecular formula is C15H22N4O. The van der Waals surface area contributed by atoms with Crippen LogP contribution in [0.15, 0.2) is 28.7 Å². The number of anilines is 2. The van der Waals surface area contributed by atoms with E-state index in [1.54, 1.807) is 0 Å². The van der Waals surface area contributed by atoms with Gasteiger partial charge < -0.3 is 9.73 Å². The second-order valence-corrected chi connectivity index (χ2v) is 5.93. The van der Waals surface area contributed by atoms with E-state index in [1.807, 2.05) is 30.1 Å². The quantitative estimate of drug-likeness (QED) is 0.928. The van der Waals surface area contributed by atoms with Crippen LogP contribution in [0.4, 0.5) is 11.7 Å². The maximum absolute atomic E-state index is 5.69. The molecule has 0 radical (unpaired) electrons. The Labute approximate surface area is 120 Å². The van der Waals surface area contributed by atoms with Gasteiger partial charge in [-0.1, -0.05) is 23.3 Å². The van der Waals surface area contributed by atoms with E-state index in [9.17, 15) is 0 Å². The van der Waals surface area contributed by atoms with Gasteiger partial charge in [0.25, 0.3) is 0 Å². The van der Waals surface area contributed by atoms with Crippen molar-refractivity contribution < 1.29 is 4.42 Å². The molecule has 0 aliphatic carbocycles. The minimum atomic E-state index is 0.0244. The average molecular weight is 274 g/mol. The Bertz CT molecular complexity index is 571. The highest BCUT2D eigenvalue weighted by molar-refractivity contribution is 5.59. The Kier molecular flexibility index (Phi) is 4.09. The van der Waals surface area contributed by atoms with Gasteiger partial charge in [-0.2, -0.15) is 0 Å². The molecule has 108 valence electrons. The van der Waals surface area contributed by atoms with Crippen LogP contribution in [0.3, 0.4) is 0 Å². The summed E-state index contributed by atoms with van der Waals surface area (Å²) in [6.07, 6.45) is 0. The van der Waals surface area contributed by atoms with Crippen LogP contribution in [-0.2, 0) is 6.54 Å². The van der Waals surface area contributed by atoms with Gasteiger partial charge in [0.05, 0.1) is 6.54 Å². The summed E-state index contributed by atoms with van der Waals surface area (Å²) >= 11 is 0. The summed E-state index contributed by atoms with van der Waals surface area (Å²) in [6, 6.07) is 8.61. The smallest absolute Gasteiger partial charge is 0.322 e. The zero-order valence-corrected chi connectivity index (χ0v) is 12.8. The van der Waals surface area contributed by atoms with Crippen LogP contribution in [0, 0.1) is 6.92 Å². The lowest BCUT2D eigenvalue weighted by atomic mass is 10.1. The lowest BCUT2D eigenvalue weighted by Crippen LogP contribution is -2.35. The highest BCUT2D eigenvalue weighted by Gasteiger charge is 2.15. The highest BCUT2D eigenvalue weighted by atomic mass is 16.4. The molecule has 1 N–H and O–H groups in total. The van der Waals surface area contributed by atoms with Gasteiger partial charge in [0.15, 0.2) is 0 Å². The number of hydrogen-bond donors (Lipinski definition) is 1. The van der Waals surface area contributed by atoms with Crippen molar-refractivity contribution in [1.82, 2.24) is 15.5 Å². The minimum Gasteiger partial charge on any atom is -0.406 e. The molecule has 20 heavy (non-hydrogen) atoms. The van der Waals surface area contributed by atoms with Gasteiger partial charge >= 0.3 is 6.01 Å². The topological polar surface area (TPSA) is 54.2 Å². The summed E-state index contributed by atoms with van der Waals surface area (Å²) in [5, 5.41) is 11.5. The molecule has 5 heteroatoms. The first kappa shape index (κ1) is 14.5. The Morgan fingerprint density at radius 1 is 1.20 bits per heavy atom. The minimum absolute atomic E-state index is 0.0244. The Morgan fingerprint density at radius 2 is 1.90 bits per heavy atom. The van der Waals surface area contributed by atoms with Crippen molar-refractivity contribution in [2.24, 2.45) is 0 Å². The Balaban J connectivity index is 2.11. The summed E-state index contributed by atoms with van der Waals surface area (Å²) in [5.41, 5.74) is 2.25. The third kappa shape index (κ3) is 3.57. The predicted octanol–water partition coefficient (Wildman–Crippen LogP) is 3.03. The molecule has 1 aromatic heterocycles. The average Bonchev–Trinajstić information content (AvgIpc) is 2.84. The molecule has 0 saturated carbocycles. The van der Waals surface area contributed by atoms with Crippen molar-refractivity contribution in [3.63, 3.8) is 0 Å². The van der Waals surface area contributed by atoms with Gasteiger partial charge in [0.1, 0.15) is 0 Å². The van der Waals surface area contributed by atoms with Gasteiger partial charge in [-0.05, 0) is 39.3 Å². The molecule has 0 amide bonds. The third-order valence-corrected chi connectivity index (χ3v) is 2.99. The Hall–Kier alpha value is -1.88. The molecule has 0 unspecified atom stereocenters. The van der Waals surface area contributed by atoms with Crippen molar-refractivity contribution in [2.45, 2.75) is 39.8 Å². The fourth-order valence-corrected chi connectivity index (χ4v) is 1.84. The van der Waals surface area contributed by atoms with Gasteiger partial charge in [-0.3, -0.25) is 4.90 Å². The molecule has 0 aliphatic heterocycles. The molecular weight excluding hydrogens is 252 g/mol. The summed E-state index contributed by atoms with van der Waals surface area (Å²) < 4.78 is 5.69. The standard InChI is InChI=1S/C15H22N4O/c1-11-8-6-7-9-12(11)19(5)14-18-17-13(20-14)10-16-15(2,3)4/h6-9,16H,10H2,1-5H3. The van der Waals surface area contributed by atoms with Crippen LogP contribution in [0.25, 0.3) is 0 Å². The number of benzene rings is 1. The number of aromatic nitrogens is 2. The van der Waals surface area contributed by atoms with Crippen molar-refractivity contribution in [1.29, 1.82) is 0 Å². The van der Waals surface area contributed by atoms with Crippen LogP contribution >= 0.6 is 0 Å². The maximum Gasteiger partial charge on any atom is 0.322 e. The molecule has 0 atom stereocenters. The lowest BCUT2D eigenvalue weighted by Gasteiger charge is -2.19. The zero-order valence-electron chi connectivity index (χ0n) is 12.8. The molecule has 5 nitrogen and oxygen atoms in total. The van der Waals surface area contributed by atoms with Crippen LogP contribution in [0.5, 0.6) is 0 Å². The third-order valence-electron chi connectivity index (χ3n) is 2.99. The van der Waals surface area contributed by atoms with Crippen LogP contribution < -0.4 is 10.2 Å². The Morgan fingerprint density at radius 3 is 2.55 bits per heavy atom. The second kappa shape index (κ2) is 5.63. The molecule has 1 heterocycles. The van der Waals surface area contributed by atoms with Crippen LogP contribution in [-0.4, -0.2) is 22.8 Å². The van der Waals surface area contributed by atoms with E-state index < -0.39 is 0 Å². The van der Waals surface area contributed by atoms with Crippen LogP contribution in [0.1, 0.15) is 32.2 Å². The molecule has 2 aromatic rings. The number of aryl methyl sites for hydroxylation is 1. The van der Waals surface area contributed by atoms with Gasteiger partial charge in [-0.15, -0.1) is 5.10 Å². The molecule has 2 rings (SSSR count). The van der Waals surface area contributed by atoms with Gasteiger partial charge in [0.2, 0.25) is 5.89 Å². The second-order valence-electron chi connectivity index (χ2n) is 5.93. The first-order valence-electron chi connectivity index (χ1n) is 6.73. The highest BCUT2D eigenvalue weighted by Crippen LogP contribution is 2.25. The lowest BCUT2D eigenvalue weighted by molar-refractivity contribution is 0.382. The molecule has 0 fully saturated rings. The van der Waals surface area contributed by atoms with E-state index in [1.165, 1.54) is 5.56 Å². The summed E-state index contributed by atoms with van der Waals surface area (Å²) in [4.78, 5) is 1.91. The van der Waals surface area contributed by atoms with E-state index >= 15 is 0 Å². The number of hydrogen-bond acceptors (Lipinski definition) is 5. The van der Waals surface area contributed by atoms with Crippen LogP contribution in [0.2, 0.25) is 0 Å². The normalized spacial score (nSPS) is 11.7. The number of nitrogens with one attached hydrogen (secondary N) is 1. The summed E-state index contributed by atoms with van der Waals surface area (Å²) in [6.45, 7) is 8.93. The number of para-hydroxylation sites is 1. The molecule has 0 saturated heterocycles. The van der Waals surface area contributed by atoms with Crippen molar-refractivity contribution in [3.8, 4) is 0 Å². The SMILES string of the molecule is Cc1ccccc1N(C)c1nnc(CNC(C)(C)C)o1. The van der Waals surface area contributed by atoms with Gasteiger partial charge in [0, 0.05) is 18.3 Å². The molecule has 0 aliphatic rings. The van der Waals surface area contributed by atoms with E-state index in [0.717, 1.165) is 5.69 Å². The van der Waals surface area contributed by atoms with Gasteiger partial charge in [-0.25, -0.2) is 0 Å². The maximum atomic E-state index is 5.69. The fraction of sp³-hybridized carbons (Fsp3) is 0.467. The first-order chi connectivity index (χ1) is 9.37.